The molecule has 1 fully saturated rings. The maximum absolute atomic E-state index is 12.7. The molecule has 1 unspecified atom stereocenters. The average molecular weight is 321 g/mol. The van der Waals surface area contributed by atoms with E-state index >= 15 is 0 Å². The molecule has 3 heterocycles. The summed E-state index contributed by atoms with van der Waals surface area (Å²) in [5.74, 6) is 0.0260. The van der Waals surface area contributed by atoms with Crippen molar-refractivity contribution in [3.05, 3.63) is 40.4 Å². The van der Waals surface area contributed by atoms with Gasteiger partial charge in [0, 0.05) is 18.4 Å². The van der Waals surface area contributed by atoms with E-state index in [1.165, 1.54) is 0 Å². The van der Waals surface area contributed by atoms with Crippen LogP contribution in [-0.2, 0) is 6.54 Å². The van der Waals surface area contributed by atoms with Crippen molar-refractivity contribution < 1.29 is 4.79 Å². The molecule has 5 nitrogen and oxygen atoms in total. The molecule has 1 amide bonds. The zero-order valence-electron chi connectivity index (χ0n) is 13.0. The molecule has 2 aromatic rings. The molecular formula is C16H21ClN4O. The second-order valence-corrected chi connectivity index (χ2v) is 6.43. The molecule has 0 aliphatic carbocycles. The number of aromatic nitrogens is 3. The van der Waals surface area contributed by atoms with Crippen LogP contribution in [0.15, 0.2) is 18.3 Å². The minimum Gasteiger partial charge on any atom is -0.356 e. The molecular weight excluding hydrogens is 300 g/mol. The summed E-state index contributed by atoms with van der Waals surface area (Å²) >= 11 is 5.92. The van der Waals surface area contributed by atoms with Crippen LogP contribution in [0.4, 0.5) is 0 Å². The van der Waals surface area contributed by atoms with E-state index in [9.17, 15) is 4.79 Å². The predicted octanol–water partition coefficient (Wildman–Crippen LogP) is 3.18. The van der Waals surface area contributed by atoms with Crippen LogP contribution in [0.25, 0.3) is 0 Å². The highest BCUT2D eigenvalue weighted by Crippen LogP contribution is 2.22. The molecule has 118 valence electrons. The van der Waals surface area contributed by atoms with Gasteiger partial charge in [0.1, 0.15) is 5.69 Å². The number of nitrogens with zero attached hydrogens (tertiary/aromatic N) is 3. The number of piperidine rings is 1. The largest absolute Gasteiger partial charge is 0.356 e. The second kappa shape index (κ2) is 6.16. The highest BCUT2D eigenvalue weighted by Gasteiger charge is 2.29. The molecule has 0 spiro atoms. The van der Waals surface area contributed by atoms with Gasteiger partial charge in [-0.25, -0.2) is 0 Å². The summed E-state index contributed by atoms with van der Waals surface area (Å²) in [4.78, 5) is 17.6. The highest BCUT2D eigenvalue weighted by molar-refractivity contribution is 6.30. The minimum absolute atomic E-state index is 0.0260. The van der Waals surface area contributed by atoms with Gasteiger partial charge in [0.15, 0.2) is 0 Å². The number of hydrogen-bond donors (Lipinski definition) is 1. The van der Waals surface area contributed by atoms with E-state index in [1.54, 1.807) is 12.3 Å². The normalized spacial score (nSPS) is 18.7. The number of carbonyl (C=O) groups excluding carboxylic acids is 1. The van der Waals surface area contributed by atoms with Gasteiger partial charge in [0.05, 0.1) is 23.3 Å². The van der Waals surface area contributed by atoms with Gasteiger partial charge in [-0.15, -0.1) is 0 Å². The van der Waals surface area contributed by atoms with Gasteiger partial charge in [-0.3, -0.25) is 9.48 Å². The molecule has 1 aliphatic rings. The number of aromatic amines is 1. The molecule has 6 heteroatoms. The Morgan fingerprint density at radius 3 is 2.86 bits per heavy atom. The zero-order chi connectivity index (χ0) is 15.7. The van der Waals surface area contributed by atoms with E-state index in [-0.39, 0.29) is 11.9 Å². The van der Waals surface area contributed by atoms with E-state index in [0.29, 0.717) is 10.7 Å². The third-order valence-corrected chi connectivity index (χ3v) is 4.47. The number of hydrogen-bond acceptors (Lipinski definition) is 2. The van der Waals surface area contributed by atoms with Crippen molar-refractivity contribution in [2.24, 2.45) is 0 Å². The summed E-state index contributed by atoms with van der Waals surface area (Å²) in [6, 6.07) is 3.94. The Morgan fingerprint density at radius 2 is 2.23 bits per heavy atom. The minimum atomic E-state index is 0.0260. The molecule has 22 heavy (non-hydrogen) atoms. The molecule has 0 radical (unpaired) electrons. The van der Waals surface area contributed by atoms with Crippen LogP contribution in [0.3, 0.4) is 0 Å². The first-order chi connectivity index (χ1) is 10.5. The van der Waals surface area contributed by atoms with Crippen molar-refractivity contribution in [3.8, 4) is 0 Å². The Bertz CT molecular complexity index is 675. The summed E-state index contributed by atoms with van der Waals surface area (Å²) < 4.78 is 2.01. The second-order valence-electron chi connectivity index (χ2n) is 5.99. The number of amides is 1. The van der Waals surface area contributed by atoms with E-state index in [2.05, 4.69) is 23.1 Å². The first-order valence-electron chi connectivity index (χ1n) is 7.70. The lowest BCUT2D eigenvalue weighted by atomic mass is 10.0. The van der Waals surface area contributed by atoms with Gasteiger partial charge < -0.3 is 9.88 Å². The molecule has 1 aliphatic heterocycles. The lowest BCUT2D eigenvalue weighted by molar-refractivity contribution is 0.0577. The maximum Gasteiger partial charge on any atom is 0.270 e. The summed E-state index contributed by atoms with van der Waals surface area (Å²) in [6.07, 6.45) is 4.86. The van der Waals surface area contributed by atoms with Gasteiger partial charge in [0.2, 0.25) is 0 Å². The van der Waals surface area contributed by atoms with E-state index in [1.807, 2.05) is 16.5 Å². The van der Waals surface area contributed by atoms with Crippen molar-refractivity contribution in [2.45, 2.75) is 45.7 Å². The molecule has 1 saturated heterocycles. The molecule has 1 atom stereocenters. The Hall–Kier alpha value is -1.75. The molecule has 2 aromatic heterocycles. The average Bonchev–Trinajstić information content (AvgIpc) is 3.05. The molecule has 0 aromatic carbocycles. The number of halogens is 1. The Labute approximate surface area is 135 Å². The van der Waals surface area contributed by atoms with Crippen molar-refractivity contribution in [1.82, 2.24) is 19.7 Å². The predicted molar refractivity (Wildman–Crippen MR) is 86.2 cm³/mol. The first kappa shape index (κ1) is 15.2. The smallest absolute Gasteiger partial charge is 0.270 e. The Morgan fingerprint density at radius 1 is 1.41 bits per heavy atom. The summed E-state index contributed by atoms with van der Waals surface area (Å²) in [6.45, 7) is 5.59. The fraction of sp³-hybridized carbons (Fsp3) is 0.500. The summed E-state index contributed by atoms with van der Waals surface area (Å²) in [7, 11) is 0. The molecule has 0 saturated carbocycles. The lowest BCUT2D eigenvalue weighted by Gasteiger charge is -2.35. The van der Waals surface area contributed by atoms with E-state index < -0.39 is 0 Å². The van der Waals surface area contributed by atoms with Gasteiger partial charge in [-0.05, 0) is 45.2 Å². The number of aryl methyl sites for hydroxylation is 2. The van der Waals surface area contributed by atoms with E-state index in [0.717, 1.165) is 43.7 Å². The van der Waals surface area contributed by atoms with Crippen molar-refractivity contribution >= 4 is 17.5 Å². The molecule has 1 N–H and O–H groups in total. The molecule has 3 rings (SSSR count). The Balaban J connectivity index is 1.79. The van der Waals surface area contributed by atoms with Crippen LogP contribution in [0.2, 0.25) is 5.02 Å². The third-order valence-electron chi connectivity index (χ3n) is 4.25. The highest BCUT2D eigenvalue weighted by atomic mass is 35.5. The maximum atomic E-state index is 12.7. The van der Waals surface area contributed by atoms with Gasteiger partial charge in [-0.1, -0.05) is 11.6 Å². The van der Waals surface area contributed by atoms with Gasteiger partial charge >= 0.3 is 0 Å². The van der Waals surface area contributed by atoms with Crippen LogP contribution in [0.5, 0.6) is 0 Å². The van der Waals surface area contributed by atoms with Crippen molar-refractivity contribution in [1.29, 1.82) is 0 Å². The van der Waals surface area contributed by atoms with Crippen molar-refractivity contribution in [2.75, 3.05) is 6.54 Å². The van der Waals surface area contributed by atoms with Crippen LogP contribution < -0.4 is 0 Å². The van der Waals surface area contributed by atoms with Crippen molar-refractivity contribution in [3.63, 3.8) is 0 Å². The molecule has 0 bridgehead atoms. The van der Waals surface area contributed by atoms with E-state index in [4.69, 9.17) is 11.6 Å². The van der Waals surface area contributed by atoms with Crippen LogP contribution in [0.1, 0.15) is 41.1 Å². The summed E-state index contributed by atoms with van der Waals surface area (Å²) in [5.41, 5.74) is 2.71. The topological polar surface area (TPSA) is 53.9 Å². The standard InChI is InChI=1S/C16H21ClN4O/c1-11-7-12(2)21(19-11)10-14-5-3-4-6-20(14)16(22)15-8-13(17)9-18-15/h7-9,14,18H,3-6,10H2,1-2H3. The number of H-pyrrole nitrogens is 1. The quantitative estimate of drug-likeness (QED) is 0.944. The van der Waals surface area contributed by atoms with Crippen LogP contribution >= 0.6 is 11.6 Å². The first-order valence-corrected chi connectivity index (χ1v) is 8.08. The number of nitrogens with one attached hydrogen (secondary N) is 1. The lowest BCUT2D eigenvalue weighted by Crippen LogP contribution is -2.46. The SMILES string of the molecule is Cc1cc(C)n(CC2CCCCN2C(=O)c2cc(Cl)c[nH]2)n1. The zero-order valence-corrected chi connectivity index (χ0v) is 13.7. The van der Waals surface area contributed by atoms with Crippen LogP contribution in [-0.4, -0.2) is 38.2 Å². The number of likely N-dealkylation sites (tertiary alicyclic amines) is 1. The van der Waals surface area contributed by atoms with Gasteiger partial charge in [0.25, 0.3) is 5.91 Å². The number of rotatable bonds is 3. The fourth-order valence-corrected chi connectivity index (χ4v) is 3.33. The van der Waals surface area contributed by atoms with Crippen LogP contribution in [0, 0.1) is 13.8 Å². The monoisotopic (exact) mass is 320 g/mol. The fourth-order valence-electron chi connectivity index (χ4n) is 3.16. The van der Waals surface area contributed by atoms with Gasteiger partial charge in [-0.2, -0.15) is 5.10 Å². The Kier molecular flexibility index (Phi) is 4.25. The number of carbonyl (C=O) groups is 1. The summed E-state index contributed by atoms with van der Waals surface area (Å²) in [5, 5.41) is 5.09. The third kappa shape index (κ3) is 3.04.